The SMILES string of the molecule is Fc1ccc(CC2=CCCC=C2)cc1. The molecule has 1 aromatic rings. The Morgan fingerprint density at radius 3 is 2.50 bits per heavy atom. The van der Waals surface area contributed by atoms with Gasteiger partial charge in [-0.25, -0.2) is 4.39 Å². The molecule has 0 nitrogen and oxygen atoms in total. The quantitative estimate of drug-likeness (QED) is 0.664. The Bertz CT molecular complexity index is 357. The minimum atomic E-state index is -0.165. The van der Waals surface area contributed by atoms with Gasteiger partial charge in [0.05, 0.1) is 0 Å². The average Bonchev–Trinajstić information content (AvgIpc) is 2.23. The third kappa shape index (κ3) is 2.32. The maximum absolute atomic E-state index is 12.6. The van der Waals surface area contributed by atoms with E-state index in [0.717, 1.165) is 19.3 Å². The van der Waals surface area contributed by atoms with E-state index in [1.165, 1.54) is 23.3 Å². The van der Waals surface area contributed by atoms with E-state index in [1.807, 2.05) is 12.1 Å². The zero-order chi connectivity index (χ0) is 9.80. The van der Waals surface area contributed by atoms with E-state index in [2.05, 4.69) is 18.2 Å². The topological polar surface area (TPSA) is 0 Å². The Hall–Kier alpha value is -1.37. The van der Waals surface area contributed by atoms with Crippen molar-refractivity contribution in [2.24, 2.45) is 0 Å². The van der Waals surface area contributed by atoms with Crippen molar-refractivity contribution in [3.05, 3.63) is 59.4 Å². The Balaban J connectivity index is 2.07. The summed E-state index contributed by atoms with van der Waals surface area (Å²) < 4.78 is 12.6. The molecule has 0 aliphatic heterocycles. The van der Waals surface area contributed by atoms with Gasteiger partial charge in [0.2, 0.25) is 0 Å². The van der Waals surface area contributed by atoms with Crippen LogP contribution in [0.5, 0.6) is 0 Å². The minimum absolute atomic E-state index is 0.165. The number of allylic oxidation sites excluding steroid dienone is 4. The van der Waals surface area contributed by atoms with Gasteiger partial charge in [0.15, 0.2) is 0 Å². The molecule has 0 radical (unpaired) electrons. The van der Waals surface area contributed by atoms with Crippen molar-refractivity contribution in [2.45, 2.75) is 19.3 Å². The van der Waals surface area contributed by atoms with Crippen LogP contribution in [-0.2, 0) is 6.42 Å². The molecule has 0 heterocycles. The molecule has 1 aliphatic carbocycles. The van der Waals surface area contributed by atoms with Crippen molar-refractivity contribution in [3.8, 4) is 0 Å². The highest BCUT2D eigenvalue weighted by Crippen LogP contribution is 2.15. The first-order valence-corrected chi connectivity index (χ1v) is 4.94. The van der Waals surface area contributed by atoms with E-state index in [0.29, 0.717) is 0 Å². The molecule has 0 bridgehead atoms. The number of halogens is 1. The van der Waals surface area contributed by atoms with Crippen LogP contribution in [0.15, 0.2) is 48.1 Å². The number of rotatable bonds is 2. The van der Waals surface area contributed by atoms with Gasteiger partial charge in [-0.05, 0) is 42.5 Å². The second kappa shape index (κ2) is 4.23. The number of hydrogen-bond acceptors (Lipinski definition) is 0. The molecular weight excluding hydrogens is 175 g/mol. The van der Waals surface area contributed by atoms with Crippen LogP contribution in [0.1, 0.15) is 18.4 Å². The maximum atomic E-state index is 12.6. The van der Waals surface area contributed by atoms with Crippen LogP contribution in [0, 0.1) is 5.82 Å². The summed E-state index contributed by atoms with van der Waals surface area (Å²) in [6, 6.07) is 6.72. The molecule has 0 aromatic heterocycles. The maximum Gasteiger partial charge on any atom is 0.123 e. The summed E-state index contributed by atoms with van der Waals surface area (Å²) in [7, 11) is 0. The first-order valence-electron chi connectivity index (χ1n) is 4.94. The highest BCUT2D eigenvalue weighted by molar-refractivity contribution is 5.30. The van der Waals surface area contributed by atoms with Crippen molar-refractivity contribution in [1.82, 2.24) is 0 Å². The van der Waals surface area contributed by atoms with Gasteiger partial charge >= 0.3 is 0 Å². The van der Waals surface area contributed by atoms with Crippen molar-refractivity contribution < 1.29 is 4.39 Å². The van der Waals surface area contributed by atoms with Gasteiger partial charge in [0.1, 0.15) is 5.82 Å². The normalized spacial score (nSPS) is 15.4. The molecule has 0 spiro atoms. The zero-order valence-corrected chi connectivity index (χ0v) is 8.04. The smallest absolute Gasteiger partial charge is 0.123 e. The van der Waals surface area contributed by atoms with Crippen LogP contribution < -0.4 is 0 Å². The lowest BCUT2D eigenvalue weighted by Crippen LogP contribution is -1.91. The second-order valence-electron chi connectivity index (χ2n) is 3.56. The molecule has 0 saturated heterocycles. The molecule has 0 atom stereocenters. The molecule has 0 saturated carbocycles. The molecule has 0 N–H and O–H groups in total. The third-order valence-corrected chi connectivity index (χ3v) is 2.39. The first-order chi connectivity index (χ1) is 6.84. The molecule has 1 aliphatic rings. The van der Waals surface area contributed by atoms with Crippen molar-refractivity contribution >= 4 is 0 Å². The third-order valence-electron chi connectivity index (χ3n) is 2.39. The first kappa shape index (κ1) is 9.20. The lowest BCUT2D eigenvalue weighted by Gasteiger charge is -2.06. The summed E-state index contributed by atoms with van der Waals surface area (Å²) >= 11 is 0. The Kier molecular flexibility index (Phi) is 2.78. The van der Waals surface area contributed by atoms with Gasteiger partial charge in [-0.15, -0.1) is 0 Å². The summed E-state index contributed by atoms with van der Waals surface area (Å²) in [6.45, 7) is 0. The highest BCUT2D eigenvalue weighted by atomic mass is 19.1. The lowest BCUT2D eigenvalue weighted by atomic mass is 10.00. The molecule has 1 heteroatoms. The molecule has 0 unspecified atom stereocenters. The van der Waals surface area contributed by atoms with Crippen molar-refractivity contribution in [1.29, 1.82) is 0 Å². The summed E-state index contributed by atoms with van der Waals surface area (Å²) in [4.78, 5) is 0. The summed E-state index contributed by atoms with van der Waals surface area (Å²) in [5.41, 5.74) is 2.51. The zero-order valence-electron chi connectivity index (χ0n) is 8.04. The Labute approximate surface area is 83.8 Å². The van der Waals surface area contributed by atoms with Crippen LogP contribution in [0.3, 0.4) is 0 Å². The van der Waals surface area contributed by atoms with Gasteiger partial charge in [-0.2, -0.15) is 0 Å². The Morgan fingerprint density at radius 2 is 1.86 bits per heavy atom. The number of benzene rings is 1. The molecule has 1 aromatic carbocycles. The fourth-order valence-electron chi connectivity index (χ4n) is 1.64. The van der Waals surface area contributed by atoms with E-state index in [1.54, 1.807) is 0 Å². The Morgan fingerprint density at radius 1 is 1.07 bits per heavy atom. The van der Waals surface area contributed by atoms with E-state index in [4.69, 9.17) is 0 Å². The fraction of sp³-hybridized carbons (Fsp3) is 0.231. The molecule has 2 rings (SSSR count). The van der Waals surface area contributed by atoms with E-state index in [-0.39, 0.29) is 5.82 Å². The van der Waals surface area contributed by atoms with Gasteiger partial charge in [0, 0.05) is 0 Å². The van der Waals surface area contributed by atoms with Crippen molar-refractivity contribution in [3.63, 3.8) is 0 Å². The largest absolute Gasteiger partial charge is 0.207 e. The van der Waals surface area contributed by atoms with Crippen LogP contribution in [-0.4, -0.2) is 0 Å². The summed E-state index contributed by atoms with van der Waals surface area (Å²) in [6.07, 6.45) is 9.80. The summed E-state index contributed by atoms with van der Waals surface area (Å²) in [5, 5.41) is 0. The highest BCUT2D eigenvalue weighted by Gasteiger charge is 1.99. The minimum Gasteiger partial charge on any atom is -0.207 e. The van der Waals surface area contributed by atoms with Crippen LogP contribution in [0.4, 0.5) is 4.39 Å². The van der Waals surface area contributed by atoms with E-state index < -0.39 is 0 Å². The molecular formula is C13H13F. The molecule has 0 amide bonds. The van der Waals surface area contributed by atoms with Gasteiger partial charge < -0.3 is 0 Å². The van der Waals surface area contributed by atoms with Crippen LogP contribution in [0.25, 0.3) is 0 Å². The standard InChI is InChI=1S/C13H13F/c14-13-8-6-12(7-9-13)10-11-4-2-1-3-5-11/h2,4-9H,1,3,10H2. The molecule has 72 valence electrons. The molecule has 0 fully saturated rings. The monoisotopic (exact) mass is 188 g/mol. The number of hydrogen-bond donors (Lipinski definition) is 0. The van der Waals surface area contributed by atoms with Crippen LogP contribution in [0.2, 0.25) is 0 Å². The fourth-order valence-corrected chi connectivity index (χ4v) is 1.64. The van der Waals surface area contributed by atoms with Gasteiger partial charge in [-0.3, -0.25) is 0 Å². The predicted octanol–water partition coefficient (Wildman–Crippen LogP) is 3.64. The van der Waals surface area contributed by atoms with Gasteiger partial charge in [0.25, 0.3) is 0 Å². The van der Waals surface area contributed by atoms with Crippen LogP contribution >= 0.6 is 0 Å². The predicted molar refractivity (Wildman–Crippen MR) is 56.6 cm³/mol. The lowest BCUT2D eigenvalue weighted by molar-refractivity contribution is 0.627. The second-order valence-corrected chi connectivity index (χ2v) is 3.56. The molecule has 14 heavy (non-hydrogen) atoms. The summed E-state index contributed by atoms with van der Waals surface area (Å²) in [5.74, 6) is -0.165. The van der Waals surface area contributed by atoms with E-state index in [9.17, 15) is 4.39 Å². The van der Waals surface area contributed by atoms with Gasteiger partial charge in [-0.1, -0.05) is 30.4 Å². The average molecular weight is 188 g/mol. The van der Waals surface area contributed by atoms with Crippen molar-refractivity contribution in [2.75, 3.05) is 0 Å². The van der Waals surface area contributed by atoms with E-state index >= 15 is 0 Å².